The zero-order valence-corrected chi connectivity index (χ0v) is 13.6. The summed E-state index contributed by atoms with van der Waals surface area (Å²) >= 11 is 1.49. The maximum absolute atomic E-state index is 14.0. The van der Waals surface area contributed by atoms with E-state index in [4.69, 9.17) is 5.73 Å². The Morgan fingerprint density at radius 1 is 1.42 bits per heavy atom. The van der Waals surface area contributed by atoms with Crippen LogP contribution in [0.5, 0.6) is 0 Å². The van der Waals surface area contributed by atoms with E-state index in [1.165, 1.54) is 17.4 Å². The topological polar surface area (TPSA) is 70.7 Å². The number of rotatable bonds is 0. The van der Waals surface area contributed by atoms with E-state index in [0.717, 1.165) is 10.4 Å². The molecule has 2 atom stereocenters. The van der Waals surface area contributed by atoms with Crippen molar-refractivity contribution in [3.8, 4) is 0 Å². The zero-order chi connectivity index (χ0) is 16.5. The van der Waals surface area contributed by atoms with Crippen LogP contribution in [-0.4, -0.2) is 28.9 Å². The van der Waals surface area contributed by atoms with Crippen LogP contribution in [0.15, 0.2) is 34.6 Å². The number of nitrogens with one attached hydrogen (secondary N) is 1. The van der Waals surface area contributed by atoms with Crippen LogP contribution in [0.25, 0.3) is 0 Å². The minimum absolute atomic E-state index is 0.00617. The van der Waals surface area contributed by atoms with Crippen LogP contribution in [0.1, 0.15) is 39.7 Å². The third kappa shape index (κ3) is 1.73. The molecule has 0 aliphatic carbocycles. The molecule has 7 heteroatoms. The summed E-state index contributed by atoms with van der Waals surface area (Å²) in [5, 5.41) is 5.35. The van der Waals surface area contributed by atoms with Crippen LogP contribution >= 0.6 is 11.3 Å². The number of halogens is 1. The number of amidine groups is 1. The van der Waals surface area contributed by atoms with Crippen molar-refractivity contribution in [2.24, 2.45) is 10.7 Å². The molecule has 1 aromatic carbocycles. The van der Waals surface area contributed by atoms with Crippen molar-refractivity contribution in [1.82, 2.24) is 4.90 Å². The Kier molecular flexibility index (Phi) is 2.66. The van der Waals surface area contributed by atoms with Gasteiger partial charge in [-0.15, -0.1) is 11.3 Å². The monoisotopic (exact) mass is 342 g/mol. The zero-order valence-electron chi connectivity index (χ0n) is 12.8. The number of carbonyl (C=O) groups is 1. The van der Waals surface area contributed by atoms with Gasteiger partial charge in [-0.2, -0.15) is 0 Å². The molecule has 1 fully saturated rings. The van der Waals surface area contributed by atoms with Gasteiger partial charge in [0.1, 0.15) is 17.3 Å². The second-order valence-corrected chi connectivity index (χ2v) is 7.41. The van der Waals surface area contributed by atoms with Crippen molar-refractivity contribution >= 4 is 28.8 Å². The quantitative estimate of drug-likeness (QED) is 0.773. The minimum Gasteiger partial charge on any atom is -0.383 e. The molecule has 2 aromatic rings. The molecule has 1 amide bonds. The summed E-state index contributed by atoms with van der Waals surface area (Å²) in [6.45, 7) is 0.610. The smallest absolute Gasteiger partial charge is 0.264 e. The average Bonchev–Trinajstić information content (AvgIpc) is 3.11. The van der Waals surface area contributed by atoms with Crippen molar-refractivity contribution in [3.05, 3.63) is 51.5 Å². The summed E-state index contributed by atoms with van der Waals surface area (Å²) in [6.07, 6.45) is 1.29. The van der Waals surface area contributed by atoms with Gasteiger partial charge in [-0.3, -0.25) is 4.79 Å². The van der Waals surface area contributed by atoms with Gasteiger partial charge in [0.2, 0.25) is 0 Å². The molecule has 5 rings (SSSR count). The van der Waals surface area contributed by atoms with Crippen LogP contribution in [0.3, 0.4) is 0 Å². The van der Waals surface area contributed by atoms with Crippen LogP contribution in [-0.2, 0) is 0 Å². The lowest BCUT2D eigenvalue weighted by atomic mass is 9.87. The van der Waals surface area contributed by atoms with Gasteiger partial charge in [-0.05, 0) is 29.1 Å². The Morgan fingerprint density at radius 2 is 2.29 bits per heavy atom. The lowest BCUT2D eigenvalue weighted by Gasteiger charge is -2.44. The third-order valence-corrected chi connectivity index (χ3v) is 6.07. The number of piperidine rings is 1. The highest BCUT2D eigenvalue weighted by molar-refractivity contribution is 7.12. The summed E-state index contributed by atoms with van der Waals surface area (Å²) in [6, 6.07) is 6.90. The van der Waals surface area contributed by atoms with Crippen molar-refractivity contribution in [2.75, 3.05) is 11.9 Å². The second kappa shape index (κ2) is 4.57. The number of carbonyl (C=O) groups excluding carboxylic acids is 1. The molecule has 1 aromatic heterocycles. The van der Waals surface area contributed by atoms with Gasteiger partial charge in [0.25, 0.3) is 5.91 Å². The van der Waals surface area contributed by atoms with E-state index in [1.54, 1.807) is 6.07 Å². The maximum Gasteiger partial charge on any atom is 0.264 e. The van der Waals surface area contributed by atoms with E-state index in [0.29, 0.717) is 30.6 Å². The molecule has 3 N–H and O–H groups in total. The Labute approximate surface area is 142 Å². The highest BCUT2D eigenvalue weighted by Gasteiger charge is 2.49. The number of amides is 1. The number of hydrogen-bond acceptors (Lipinski definition) is 5. The van der Waals surface area contributed by atoms with Gasteiger partial charge < -0.3 is 16.0 Å². The van der Waals surface area contributed by atoms with Gasteiger partial charge in [0.15, 0.2) is 0 Å². The first-order valence-corrected chi connectivity index (χ1v) is 8.77. The average molecular weight is 342 g/mol. The van der Waals surface area contributed by atoms with E-state index >= 15 is 0 Å². The van der Waals surface area contributed by atoms with Gasteiger partial charge in [0, 0.05) is 25.1 Å². The number of nitrogens with two attached hydrogens (primary N) is 1. The first-order valence-electron chi connectivity index (χ1n) is 7.89. The number of nitrogens with zero attached hydrogens (tertiary/aromatic N) is 2. The highest BCUT2D eigenvalue weighted by Crippen LogP contribution is 2.47. The molecule has 0 unspecified atom stereocenters. The predicted octanol–water partition coefficient (Wildman–Crippen LogP) is 2.71. The summed E-state index contributed by atoms with van der Waals surface area (Å²) in [7, 11) is 0. The van der Waals surface area contributed by atoms with Crippen LogP contribution in [0, 0.1) is 5.82 Å². The largest absolute Gasteiger partial charge is 0.383 e. The molecule has 1 saturated heterocycles. The Bertz CT molecular complexity index is 908. The molecule has 1 spiro atoms. The number of fused-ring (bicyclic) bond motifs is 4. The normalized spacial score (nSPS) is 27.4. The minimum atomic E-state index is -0.587. The summed E-state index contributed by atoms with van der Waals surface area (Å²) in [5.41, 5.74) is 7.58. The summed E-state index contributed by atoms with van der Waals surface area (Å²) in [5.74, 6) is -0.0334. The Morgan fingerprint density at radius 3 is 3.17 bits per heavy atom. The number of anilines is 1. The van der Waals surface area contributed by atoms with Crippen molar-refractivity contribution < 1.29 is 9.18 Å². The molecule has 3 aliphatic rings. The number of thiophene rings is 1. The van der Waals surface area contributed by atoms with Crippen molar-refractivity contribution in [2.45, 2.75) is 24.5 Å². The summed E-state index contributed by atoms with van der Waals surface area (Å²) in [4.78, 5) is 19.9. The highest BCUT2D eigenvalue weighted by atomic mass is 32.1. The molecular formula is C17H15FN4OS. The molecule has 0 bridgehead atoms. The fourth-order valence-electron chi connectivity index (χ4n) is 4.07. The lowest BCUT2D eigenvalue weighted by Crippen LogP contribution is -2.51. The van der Waals surface area contributed by atoms with Crippen molar-refractivity contribution in [3.63, 3.8) is 0 Å². The van der Waals surface area contributed by atoms with Gasteiger partial charge in [-0.25, -0.2) is 9.38 Å². The molecule has 4 heterocycles. The SMILES string of the molecule is NC1=N[C@@]2(CCN3C(=O)c4sccc4[C@@H]3C2)Nc2cccc(F)c21. The molecule has 0 radical (unpaired) electrons. The number of aliphatic imine (C=N–C) groups is 1. The second-order valence-electron chi connectivity index (χ2n) is 6.49. The Balaban J connectivity index is 1.56. The van der Waals surface area contributed by atoms with Gasteiger partial charge in [0.05, 0.1) is 16.5 Å². The molecule has 0 saturated carbocycles. The molecule has 3 aliphatic heterocycles. The third-order valence-electron chi connectivity index (χ3n) is 5.15. The van der Waals surface area contributed by atoms with E-state index in [-0.39, 0.29) is 23.6 Å². The standard InChI is InChI=1S/C17H15FN4OS/c18-10-2-1-3-11-13(10)15(19)21-17(20-11)5-6-22-12(8-17)9-4-7-24-14(9)16(22)23/h1-4,7,12,20H,5-6,8H2,(H2,19,21)/t12-,17+/m0/s1. The van der Waals surface area contributed by atoms with Crippen LogP contribution in [0.4, 0.5) is 10.1 Å². The van der Waals surface area contributed by atoms with E-state index in [9.17, 15) is 9.18 Å². The van der Waals surface area contributed by atoms with Crippen molar-refractivity contribution in [1.29, 1.82) is 0 Å². The predicted molar refractivity (Wildman–Crippen MR) is 90.8 cm³/mol. The Hall–Kier alpha value is -2.41. The molecular weight excluding hydrogens is 327 g/mol. The van der Waals surface area contributed by atoms with E-state index < -0.39 is 5.66 Å². The van der Waals surface area contributed by atoms with E-state index in [1.807, 2.05) is 22.4 Å². The van der Waals surface area contributed by atoms with Crippen LogP contribution in [0.2, 0.25) is 0 Å². The maximum atomic E-state index is 14.0. The molecule has 24 heavy (non-hydrogen) atoms. The summed E-state index contributed by atoms with van der Waals surface area (Å²) < 4.78 is 14.0. The first-order chi connectivity index (χ1) is 11.6. The molecule has 122 valence electrons. The first kappa shape index (κ1) is 14.0. The lowest BCUT2D eigenvalue weighted by molar-refractivity contribution is 0.0608. The van der Waals surface area contributed by atoms with E-state index in [2.05, 4.69) is 10.3 Å². The van der Waals surface area contributed by atoms with Gasteiger partial charge in [-0.1, -0.05) is 6.07 Å². The number of hydrogen-bond donors (Lipinski definition) is 2. The van der Waals surface area contributed by atoms with Crippen LogP contribution < -0.4 is 11.1 Å². The fourth-order valence-corrected chi connectivity index (χ4v) is 4.98. The fraction of sp³-hybridized carbons (Fsp3) is 0.294. The number of benzene rings is 1. The molecule has 5 nitrogen and oxygen atoms in total. The van der Waals surface area contributed by atoms with Gasteiger partial charge >= 0.3 is 0 Å².